The molecule has 1 aliphatic carbocycles. The molecule has 0 aromatic rings. The van der Waals surface area contributed by atoms with Crippen LogP contribution >= 0.6 is 0 Å². The lowest BCUT2D eigenvalue weighted by atomic mass is 10.0. The first kappa shape index (κ1) is 12.0. The van der Waals surface area contributed by atoms with Crippen molar-refractivity contribution in [3.8, 4) is 0 Å². The first-order valence-corrected chi connectivity index (χ1v) is 6.81. The van der Waals surface area contributed by atoms with Gasteiger partial charge in [-0.25, -0.2) is 0 Å². The Morgan fingerprint density at radius 2 is 2.21 bits per heavy atom. The van der Waals surface area contributed by atoms with Crippen molar-refractivity contribution in [2.24, 2.45) is 4.99 Å². The minimum atomic E-state index is 0.0534. The Kier molecular flexibility index (Phi) is 3.36. The third kappa shape index (κ3) is 2.70. The van der Waals surface area contributed by atoms with Crippen LogP contribution in [0.15, 0.2) is 65.0 Å². The highest BCUT2D eigenvalue weighted by Crippen LogP contribution is 2.19. The number of aliphatic imine (C=N–C) groups is 1. The highest BCUT2D eigenvalue weighted by atomic mass is 15.1. The molecule has 0 spiro atoms. The van der Waals surface area contributed by atoms with Gasteiger partial charge in [-0.15, -0.1) is 0 Å². The normalized spacial score (nSPS) is 29.0. The fourth-order valence-corrected chi connectivity index (χ4v) is 2.49. The van der Waals surface area contributed by atoms with E-state index in [0.29, 0.717) is 0 Å². The molecule has 98 valence electrons. The zero-order valence-corrected chi connectivity index (χ0v) is 11.1. The standard InChI is InChI=1S/C16H19N3/c1-12-11-15(14-9-5-6-10-17-14)19-16(18-12)13-7-3-2-4-8-13/h3,5-11,14,16-18H,2,4H2,1H3. The van der Waals surface area contributed by atoms with E-state index in [2.05, 4.69) is 54.0 Å². The highest BCUT2D eigenvalue weighted by Gasteiger charge is 2.20. The summed E-state index contributed by atoms with van der Waals surface area (Å²) in [5.41, 5.74) is 3.52. The quantitative estimate of drug-likeness (QED) is 0.793. The van der Waals surface area contributed by atoms with Crippen LogP contribution in [0.25, 0.3) is 0 Å². The Balaban J connectivity index is 1.84. The number of nitrogens with one attached hydrogen (secondary N) is 2. The smallest absolute Gasteiger partial charge is 0.144 e. The molecule has 0 radical (unpaired) electrons. The maximum absolute atomic E-state index is 4.84. The first-order valence-electron chi connectivity index (χ1n) is 6.81. The van der Waals surface area contributed by atoms with Crippen molar-refractivity contribution in [3.63, 3.8) is 0 Å². The lowest BCUT2D eigenvalue weighted by Crippen LogP contribution is -2.39. The van der Waals surface area contributed by atoms with Gasteiger partial charge in [-0.05, 0) is 43.7 Å². The molecule has 0 saturated heterocycles. The predicted octanol–water partition coefficient (Wildman–Crippen LogP) is 2.58. The summed E-state index contributed by atoms with van der Waals surface area (Å²) >= 11 is 0. The van der Waals surface area contributed by atoms with E-state index in [0.717, 1.165) is 18.6 Å². The summed E-state index contributed by atoms with van der Waals surface area (Å²) in [6, 6.07) is 0.178. The van der Waals surface area contributed by atoms with E-state index in [1.54, 1.807) is 0 Å². The molecule has 2 heterocycles. The van der Waals surface area contributed by atoms with Gasteiger partial charge in [0.05, 0.1) is 11.8 Å². The fourth-order valence-electron chi connectivity index (χ4n) is 2.49. The summed E-state index contributed by atoms with van der Waals surface area (Å²) in [6.45, 7) is 2.09. The first-order chi connectivity index (χ1) is 9.33. The molecule has 0 bridgehead atoms. The summed E-state index contributed by atoms with van der Waals surface area (Å²) in [5, 5.41) is 6.76. The summed E-state index contributed by atoms with van der Waals surface area (Å²) in [7, 11) is 0. The van der Waals surface area contributed by atoms with E-state index < -0.39 is 0 Å². The van der Waals surface area contributed by atoms with Crippen molar-refractivity contribution >= 4 is 5.71 Å². The molecule has 3 rings (SSSR count). The van der Waals surface area contributed by atoms with Crippen molar-refractivity contribution in [3.05, 3.63) is 60.0 Å². The lowest BCUT2D eigenvalue weighted by Gasteiger charge is -2.27. The number of nitrogens with zero attached hydrogens (tertiary/aromatic N) is 1. The van der Waals surface area contributed by atoms with E-state index in [4.69, 9.17) is 4.99 Å². The molecule has 2 N–H and O–H groups in total. The maximum atomic E-state index is 4.84. The van der Waals surface area contributed by atoms with Gasteiger partial charge in [0.1, 0.15) is 6.17 Å². The van der Waals surface area contributed by atoms with Crippen LogP contribution < -0.4 is 10.6 Å². The van der Waals surface area contributed by atoms with Gasteiger partial charge in [0, 0.05) is 5.70 Å². The predicted molar refractivity (Wildman–Crippen MR) is 79.8 cm³/mol. The van der Waals surface area contributed by atoms with Crippen LogP contribution in [0, 0.1) is 0 Å². The van der Waals surface area contributed by atoms with E-state index in [1.807, 2.05) is 12.3 Å². The molecule has 3 nitrogen and oxygen atoms in total. The highest BCUT2D eigenvalue weighted by molar-refractivity contribution is 6.02. The number of hydrogen-bond acceptors (Lipinski definition) is 3. The Morgan fingerprint density at radius 3 is 2.95 bits per heavy atom. The maximum Gasteiger partial charge on any atom is 0.144 e. The van der Waals surface area contributed by atoms with Crippen LogP contribution in [0.5, 0.6) is 0 Å². The summed E-state index contributed by atoms with van der Waals surface area (Å²) < 4.78 is 0. The van der Waals surface area contributed by atoms with Crippen LogP contribution in [0.2, 0.25) is 0 Å². The van der Waals surface area contributed by atoms with Gasteiger partial charge in [-0.3, -0.25) is 4.99 Å². The molecule has 0 aromatic carbocycles. The molecule has 2 atom stereocenters. The zero-order chi connectivity index (χ0) is 13.1. The molecular formula is C16H19N3. The summed E-state index contributed by atoms with van der Waals surface area (Å²) in [5.74, 6) is 0. The minimum absolute atomic E-state index is 0.0534. The molecule has 0 amide bonds. The van der Waals surface area contributed by atoms with E-state index in [1.165, 1.54) is 11.3 Å². The van der Waals surface area contributed by atoms with Crippen LogP contribution in [0.1, 0.15) is 19.8 Å². The van der Waals surface area contributed by atoms with Crippen molar-refractivity contribution in [1.29, 1.82) is 0 Å². The van der Waals surface area contributed by atoms with Crippen molar-refractivity contribution in [2.75, 3.05) is 0 Å². The number of allylic oxidation sites excluding steroid dienone is 5. The molecule has 2 unspecified atom stereocenters. The van der Waals surface area contributed by atoms with Gasteiger partial charge < -0.3 is 10.6 Å². The van der Waals surface area contributed by atoms with Gasteiger partial charge in [0.15, 0.2) is 0 Å². The number of dihydropyridines is 1. The van der Waals surface area contributed by atoms with Gasteiger partial charge in [0.25, 0.3) is 0 Å². The second kappa shape index (κ2) is 5.31. The Labute approximate surface area is 114 Å². The van der Waals surface area contributed by atoms with Crippen LogP contribution in [0.3, 0.4) is 0 Å². The van der Waals surface area contributed by atoms with E-state index in [9.17, 15) is 0 Å². The van der Waals surface area contributed by atoms with Crippen LogP contribution in [-0.4, -0.2) is 17.9 Å². The van der Waals surface area contributed by atoms with Gasteiger partial charge in [-0.1, -0.05) is 30.4 Å². The summed E-state index contributed by atoms with van der Waals surface area (Å²) in [4.78, 5) is 4.84. The zero-order valence-electron chi connectivity index (χ0n) is 11.1. The Morgan fingerprint density at radius 1 is 1.26 bits per heavy atom. The third-order valence-electron chi connectivity index (χ3n) is 3.45. The lowest BCUT2D eigenvalue weighted by molar-refractivity contribution is 0.655. The van der Waals surface area contributed by atoms with Gasteiger partial charge in [-0.2, -0.15) is 0 Å². The molecular weight excluding hydrogens is 234 g/mol. The number of rotatable bonds is 2. The largest absolute Gasteiger partial charge is 0.379 e. The molecule has 2 aliphatic heterocycles. The molecule has 3 heteroatoms. The van der Waals surface area contributed by atoms with Crippen LogP contribution in [0.4, 0.5) is 0 Å². The molecule has 0 saturated carbocycles. The van der Waals surface area contributed by atoms with E-state index in [-0.39, 0.29) is 12.2 Å². The third-order valence-corrected chi connectivity index (χ3v) is 3.45. The summed E-state index contributed by atoms with van der Waals surface area (Å²) in [6.07, 6.45) is 19.3. The fraction of sp³-hybridized carbons (Fsp3) is 0.312. The Bertz CT molecular complexity index is 532. The van der Waals surface area contributed by atoms with Gasteiger partial charge in [0.2, 0.25) is 0 Å². The van der Waals surface area contributed by atoms with Crippen molar-refractivity contribution in [2.45, 2.75) is 32.0 Å². The SMILES string of the molecule is CC1=CC(C2C=CC=CN2)=NC(C2=CCCC=C2)N1. The second-order valence-electron chi connectivity index (χ2n) is 5.00. The van der Waals surface area contributed by atoms with Crippen LogP contribution in [-0.2, 0) is 0 Å². The average molecular weight is 253 g/mol. The van der Waals surface area contributed by atoms with Crippen molar-refractivity contribution in [1.82, 2.24) is 10.6 Å². The van der Waals surface area contributed by atoms with E-state index >= 15 is 0 Å². The molecule has 19 heavy (non-hydrogen) atoms. The molecule has 0 aromatic heterocycles. The Hall–Kier alpha value is -2.03. The second-order valence-corrected chi connectivity index (χ2v) is 5.00. The monoisotopic (exact) mass is 253 g/mol. The average Bonchev–Trinajstić information content (AvgIpc) is 2.48. The van der Waals surface area contributed by atoms with Crippen molar-refractivity contribution < 1.29 is 0 Å². The minimum Gasteiger partial charge on any atom is -0.379 e. The molecule has 0 fully saturated rings. The van der Waals surface area contributed by atoms with Gasteiger partial charge >= 0.3 is 0 Å². The number of hydrogen-bond donors (Lipinski definition) is 2. The topological polar surface area (TPSA) is 36.4 Å². The molecule has 3 aliphatic rings.